The fourth-order valence-corrected chi connectivity index (χ4v) is 2.55. The Labute approximate surface area is 142 Å². The first kappa shape index (κ1) is 22.4. The fourth-order valence-electron chi connectivity index (χ4n) is 2.55. The molecule has 0 aromatic heterocycles. The molecule has 0 aliphatic heterocycles. The van der Waals surface area contributed by atoms with E-state index in [4.69, 9.17) is 14.9 Å². The van der Waals surface area contributed by atoms with E-state index in [-0.39, 0.29) is 19.2 Å². The summed E-state index contributed by atoms with van der Waals surface area (Å²) in [6, 6.07) is 0. The highest BCUT2D eigenvalue weighted by Gasteiger charge is 2.07. The van der Waals surface area contributed by atoms with Gasteiger partial charge in [0.25, 0.3) is 0 Å². The van der Waals surface area contributed by atoms with Gasteiger partial charge in [-0.1, -0.05) is 78.1 Å². The van der Waals surface area contributed by atoms with Crippen LogP contribution in [0.15, 0.2) is 0 Å². The molecular formula is C19H38O4. The Balaban J connectivity index is 3.17. The van der Waals surface area contributed by atoms with Crippen molar-refractivity contribution in [2.75, 3.05) is 13.2 Å². The standard InChI is InChI=1S/C19H38O4/c1-17(2)13-11-9-7-5-3-4-6-8-10-12-14-19(22)23-16-18(21)15-20/h17-18,20-21H,3-16H2,1-2H3. The summed E-state index contributed by atoms with van der Waals surface area (Å²) in [6.45, 7) is 4.11. The van der Waals surface area contributed by atoms with Gasteiger partial charge in [0.15, 0.2) is 0 Å². The van der Waals surface area contributed by atoms with Crippen molar-refractivity contribution in [2.24, 2.45) is 5.92 Å². The molecule has 0 bridgehead atoms. The number of ether oxygens (including phenoxy) is 1. The first-order chi connectivity index (χ1) is 11.1. The maximum atomic E-state index is 11.4. The van der Waals surface area contributed by atoms with Crippen LogP contribution in [0.1, 0.15) is 90.9 Å². The Morgan fingerprint density at radius 3 is 1.83 bits per heavy atom. The molecule has 0 aliphatic rings. The predicted octanol–water partition coefficient (Wildman–Crippen LogP) is 4.22. The van der Waals surface area contributed by atoms with E-state index in [0.717, 1.165) is 18.8 Å². The molecule has 4 heteroatoms. The highest BCUT2D eigenvalue weighted by atomic mass is 16.5. The van der Waals surface area contributed by atoms with Gasteiger partial charge >= 0.3 is 5.97 Å². The van der Waals surface area contributed by atoms with Crippen molar-refractivity contribution < 1.29 is 19.7 Å². The van der Waals surface area contributed by atoms with Gasteiger partial charge in [0.2, 0.25) is 0 Å². The quantitative estimate of drug-likeness (QED) is 0.328. The summed E-state index contributed by atoms with van der Waals surface area (Å²) in [5.74, 6) is 0.561. The molecule has 0 fully saturated rings. The molecule has 1 unspecified atom stereocenters. The third-order valence-electron chi connectivity index (χ3n) is 4.06. The highest BCUT2D eigenvalue weighted by molar-refractivity contribution is 5.69. The van der Waals surface area contributed by atoms with Crippen molar-refractivity contribution in [1.29, 1.82) is 0 Å². The second-order valence-electron chi connectivity index (χ2n) is 6.99. The van der Waals surface area contributed by atoms with Crippen molar-refractivity contribution in [3.8, 4) is 0 Å². The van der Waals surface area contributed by atoms with Crippen molar-refractivity contribution in [3.63, 3.8) is 0 Å². The lowest BCUT2D eigenvalue weighted by Crippen LogP contribution is -2.21. The van der Waals surface area contributed by atoms with Crippen LogP contribution in [-0.4, -0.2) is 35.5 Å². The zero-order valence-corrected chi connectivity index (χ0v) is 15.3. The van der Waals surface area contributed by atoms with Crippen LogP contribution >= 0.6 is 0 Å². The van der Waals surface area contributed by atoms with Crippen molar-refractivity contribution in [1.82, 2.24) is 0 Å². The summed E-state index contributed by atoms with van der Waals surface area (Å²) in [7, 11) is 0. The lowest BCUT2D eigenvalue weighted by Gasteiger charge is -2.08. The first-order valence-corrected chi connectivity index (χ1v) is 9.50. The number of rotatable bonds is 16. The first-order valence-electron chi connectivity index (χ1n) is 9.50. The maximum absolute atomic E-state index is 11.4. The van der Waals surface area contributed by atoms with Crippen molar-refractivity contribution in [3.05, 3.63) is 0 Å². The van der Waals surface area contributed by atoms with Gasteiger partial charge < -0.3 is 14.9 Å². The molecule has 4 nitrogen and oxygen atoms in total. The molecule has 0 rings (SSSR count). The number of aliphatic hydroxyl groups is 2. The van der Waals surface area contributed by atoms with Crippen molar-refractivity contribution in [2.45, 2.75) is 97.0 Å². The number of hydrogen-bond acceptors (Lipinski definition) is 4. The van der Waals surface area contributed by atoms with E-state index < -0.39 is 6.10 Å². The average Bonchev–Trinajstić information content (AvgIpc) is 2.53. The second-order valence-corrected chi connectivity index (χ2v) is 6.99. The van der Waals surface area contributed by atoms with E-state index in [1.54, 1.807) is 0 Å². The Bertz CT molecular complexity index is 266. The second kappa shape index (κ2) is 16.3. The molecule has 0 saturated heterocycles. The van der Waals surface area contributed by atoms with E-state index in [0.29, 0.717) is 6.42 Å². The van der Waals surface area contributed by atoms with E-state index >= 15 is 0 Å². The van der Waals surface area contributed by atoms with Gasteiger partial charge in [0.1, 0.15) is 12.7 Å². The smallest absolute Gasteiger partial charge is 0.305 e. The summed E-state index contributed by atoms with van der Waals surface area (Å²) in [5.41, 5.74) is 0. The number of carbonyl (C=O) groups is 1. The summed E-state index contributed by atoms with van der Waals surface area (Å²) in [5, 5.41) is 17.7. The summed E-state index contributed by atoms with van der Waals surface area (Å²) < 4.78 is 4.85. The number of aliphatic hydroxyl groups excluding tert-OH is 2. The summed E-state index contributed by atoms with van der Waals surface area (Å²) in [6.07, 6.45) is 13.3. The van der Waals surface area contributed by atoms with Gasteiger partial charge in [-0.05, 0) is 12.3 Å². The Morgan fingerprint density at radius 1 is 0.870 bits per heavy atom. The van der Waals surface area contributed by atoms with Crippen LogP contribution in [0.2, 0.25) is 0 Å². The molecule has 0 aromatic rings. The van der Waals surface area contributed by atoms with Gasteiger partial charge in [0.05, 0.1) is 6.61 Å². The predicted molar refractivity (Wildman–Crippen MR) is 94.3 cm³/mol. The fraction of sp³-hybridized carbons (Fsp3) is 0.947. The van der Waals surface area contributed by atoms with Gasteiger partial charge in [0, 0.05) is 6.42 Å². The van der Waals surface area contributed by atoms with Crippen molar-refractivity contribution >= 4 is 5.97 Å². The number of unbranched alkanes of at least 4 members (excludes halogenated alkanes) is 9. The van der Waals surface area contributed by atoms with Gasteiger partial charge in [-0.2, -0.15) is 0 Å². The van der Waals surface area contributed by atoms with Crippen LogP contribution in [-0.2, 0) is 9.53 Å². The average molecular weight is 331 g/mol. The summed E-state index contributed by atoms with van der Waals surface area (Å²) >= 11 is 0. The minimum atomic E-state index is -0.954. The molecule has 23 heavy (non-hydrogen) atoms. The van der Waals surface area contributed by atoms with Gasteiger partial charge in [-0.25, -0.2) is 0 Å². The zero-order valence-electron chi connectivity index (χ0n) is 15.3. The molecule has 0 heterocycles. The Hall–Kier alpha value is -0.610. The van der Waals surface area contributed by atoms with E-state index in [1.165, 1.54) is 57.8 Å². The van der Waals surface area contributed by atoms with Gasteiger partial charge in [-0.15, -0.1) is 0 Å². The molecule has 0 saturated carbocycles. The van der Waals surface area contributed by atoms with E-state index in [2.05, 4.69) is 13.8 Å². The molecule has 0 amide bonds. The zero-order chi connectivity index (χ0) is 17.3. The Morgan fingerprint density at radius 2 is 1.35 bits per heavy atom. The third-order valence-corrected chi connectivity index (χ3v) is 4.06. The monoisotopic (exact) mass is 330 g/mol. The molecular weight excluding hydrogens is 292 g/mol. The van der Waals surface area contributed by atoms with Gasteiger partial charge in [-0.3, -0.25) is 4.79 Å². The lowest BCUT2D eigenvalue weighted by atomic mass is 10.0. The number of esters is 1. The van der Waals surface area contributed by atoms with E-state index in [1.807, 2.05) is 0 Å². The lowest BCUT2D eigenvalue weighted by molar-refractivity contribution is -0.147. The number of carbonyl (C=O) groups excluding carboxylic acids is 1. The molecule has 1 atom stereocenters. The third kappa shape index (κ3) is 17.6. The summed E-state index contributed by atoms with van der Waals surface area (Å²) in [4.78, 5) is 11.4. The minimum absolute atomic E-state index is 0.105. The molecule has 0 radical (unpaired) electrons. The SMILES string of the molecule is CC(C)CCCCCCCCCCCCC(=O)OCC(O)CO. The maximum Gasteiger partial charge on any atom is 0.305 e. The van der Waals surface area contributed by atoms with Crippen LogP contribution in [0.5, 0.6) is 0 Å². The highest BCUT2D eigenvalue weighted by Crippen LogP contribution is 2.13. The molecule has 0 spiro atoms. The topological polar surface area (TPSA) is 66.8 Å². The van der Waals surface area contributed by atoms with E-state index in [9.17, 15) is 4.79 Å². The minimum Gasteiger partial charge on any atom is -0.463 e. The molecule has 0 aromatic carbocycles. The molecule has 2 N–H and O–H groups in total. The Kier molecular flexibility index (Phi) is 15.8. The largest absolute Gasteiger partial charge is 0.463 e. The van der Waals surface area contributed by atoms with Crippen LogP contribution in [0, 0.1) is 5.92 Å². The van der Waals surface area contributed by atoms with Crippen LogP contribution < -0.4 is 0 Å². The van der Waals surface area contributed by atoms with Crippen LogP contribution in [0.25, 0.3) is 0 Å². The number of hydrogen-bond donors (Lipinski definition) is 2. The molecule has 0 aliphatic carbocycles. The normalized spacial score (nSPS) is 12.6. The molecule has 138 valence electrons. The van der Waals surface area contributed by atoms with Crippen LogP contribution in [0.4, 0.5) is 0 Å². The van der Waals surface area contributed by atoms with Crippen LogP contribution in [0.3, 0.4) is 0 Å².